The molecule has 15 heavy (non-hydrogen) atoms. The molecule has 0 aliphatic carbocycles. The minimum absolute atomic E-state index is 0.00523. The van der Waals surface area contributed by atoms with Crippen molar-refractivity contribution in [2.45, 2.75) is 20.8 Å². The normalized spacial score (nSPS) is 7.47. The third-order valence-electron chi connectivity index (χ3n) is 1.18. The lowest BCUT2D eigenvalue weighted by Gasteiger charge is -1.95. The second-order valence-electron chi connectivity index (χ2n) is 2.42. The van der Waals surface area contributed by atoms with E-state index in [1.165, 1.54) is 6.92 Å². The first-order valence-corrected chi connectivity index (χ1v) is 5.16. The maximum Gasteiger partial charge on any atom is 0.217 e. The summed E-state index contributed by atoms with van der Waals surface area (Å²) in [7, 11) is 1.77. The second-order valence-corrected chi connectivity index (χ2v) is 2.42. The number of rotatable bonds is 2. The molecule has 3 heteroatoms. The van der Waals surface area contributed by atoms with Crippen molar-refractivity contribution in [1.82, 2.24) is 10.6 Å². The minimum Gasteiger partial charge on any atom is -0.344 e. The number of carbonyl (C=O) groups is 1. The molecule has 0 aliphatic heterocycles. The van der Waals surface area contributed by atoms with E-state index in [1.807, 2.05) is 50.2 Å². The molecule has 0 heterocycles. The van der Waals surface area contributed by atoms with Gasteiger partial charge in [0.2, 0.25) is 5.91 Å². The van der Waals surface area contributed by atoms with Crippen LogP contribution >= 0.6 is 0 Å². The average molecular weight is 210 g/mol. The van der Waals surface area contributed by atoms with Gasteiger partial charge in [0.25, 0.3) is 0 Å². The Hall–Kier alpha value is -1.35. The molecule has 0 unspecified atom stereocenters. The topological polar surface area (TPSA) is 41.1 Å². The van der Waals surface area contributed by atoms with E-state index < -0.39 is 0 Å². The van der Waals surface area contributed by atoms with Crippen molar-refractivity contribution in [3.05, 3.63) is 36.4 Å². The first kappa shape index (κ1) is 16.1. The number of hydrogen-bond donors (Lipinski definition) is 2. The molecule has 0 aliphatic rings. The predicted octanol–water partition coefficient (Wildman–Crippen LogP) is 2.01. The van der Waals surface area contributed by atoms with E-state index in [9.17, 15) is 4.79 Å². The number of hydrogen-bond acceptors (Lipinski definition) is 2. The number of benzene rings is 1. The van der Waals surface area contributed by atoms with Gasteiger partial charge >= 0.3 is 0 Å². The molecule has 1 aromatic rings. The van der Waals surface area contributed by atoms with E-state index in [-0.39, 0.29) is 5.91 Å². The molecule has 3 nitrogen and oxygen atoms in total. The van der Waals surface area contributed by atoms with Crippen molar-refractivity contribution >= 4 is 5.91 Å². The van der Waals surface area contributed by atoms with E-state index in [2.05, 4.69) is 10.6 Å². The van der Waals surface area contributed by atoms with E-state index in [1.54, 1.807) is 7.05 Å². The fraction of sp³-hybridized carbons (Fsp3) is 0.417. The molecule has 2 N–H and O–H groups in total. The molecule has 0 aromatic heterocycles. The second kappa shape index (κ2) is 15.1. The fourth-order valence-electron chi connectivity index (χ4n) is 0.598. The summed E-state index contributed by atoms with van der Waals surface area (Å²) >= 11 is 0. The Labute approximate surface area is 92.9 Å². The lowest BCUT2D eigenvalue weighted by Crippen LogP contribution is -2.29. The highest BCUT2D eigenvalue weighted by Crippen LogP contribution is 1.79. The summed E-state index contributed by atoms with van der Waals surface area (Å²) in [5, 5.41) is 5.31. The van der Waals surface area contributed by atoms with Gasteiger partial charge in [-0.3, -0.25) is 4.79 Å². The molecule has 0 saturated heterocycles. The molecule has 0 saturated carbocycles. The first-order chi connectivity index (χ1) is 7.27. The largest absolute Gasteiger partial charge is 0.344 e. The van der Waals surface area contributed by atoms with Crippen LogP contribution in [-0.4, -0.2) is 19.6 Å². The zero-order valence-corrected chi connectivity index (χ0v) is 10.1. The van der Waals surface area contributed by atoms with Crippen molar-refractivity contribution in [2.75, 3.05) is 13.7 Å². The van der Waals surface area contributed by atoms with Crippen LogP contribution < -0.4 is 10.6 Å². The Balaban J connectivity index is 0. The smallest absolute Gasteiger partial charge is 0.217 e. The van der Waals surface area contributed by atoms with Crippen molar-refractivity contribution in [1.29, 1.82) is 0 Å². The maximum atomic E-state index is 10.1. The van der Waals surface area contributed by atoms with Gasteiger partial charge in [0, 0.05) is 6.92 Å². The molecular formula is C12H22N2O. The molecule has 86 valence electrons. The van der Waals surface area contributed by atoms with Crippen LogP contribution in [0.25, 0.3) is 0 Å². The van der Waals surface area contributed by atoms with Gasteiger partial charge in [-0.25, -0.2) is 0 Å². The SMILES string of the molecule is CC.CNCNC(C)=O.c1ccccc1. The molecule has 0 spiro atoms. The van der Waals surface area contributed by atoms with E-state index in [4.69, 9.17) is 0 Å². The molecule has 1 amide bonds. The van der Waals surface area contributed by atoms with Crippen LogP contribution in [0.5, 0.6) is 0 Å². The van der Waals surface area contributed by atoms with Crippen molar-refractivity contribution < 1.29 is 4.79 Å². The predicted molar refractivity (Wildman–Crippen MR) is 65.5 cm³/mol. The van der Waals surface area contributed by atoms with Crippen LogP contribution in [-0.2, 0) is 4.79 Å². The van der Waals surface area contributed by atoms with Crippen LogP contribution in [0.15, 0.2) is 36.4 Å². The van der Waals surface area contributed by atoms with Gasteiger partial charge in [-0.1, -0.05) is 50.2 Å². The lowest BCUT2D eigenvalue weighted by molar-refractivity contribution is -0.119. The zero-order chi connectivity index (χ0) is 11.9. The Kier molecular flexibility index (Phi) is 16.2. The summed E-state index contributed by atoms with van der Waals surface area (Å²) in [5.74, 6) is -0.00523. The fourth-order valence-corrected chi connectivity index (χ4v) is 0.598. The molecule has 0 radical (unpaired) electrons. The summed E-state index contributed by atoms with van der Waals surface area (Å²) in [6.45, 7) is 6.03. The summed E-state index contributed by atoms with van der Waals surface area (Å²) in [6.07, 6.45) is 0. The quantitative estimate of drug-likeness (QED) is 0.733. The molecular weight excluding hydrogens is 188 g/mol. The molecule has 1 aromatic carbocycles. The summed E-state index contributed by atoms with van der Waals surface area (Å²) in [6, 6.07) is 12.0. The number of amides is 1. The standard InChI is InChI=1S/C6H6.C4H10N2O.C2H6/c1-2-4-6-5-3-1;1-4(7)6-3-5-2;1-2/h1-6H;5H,3H2,1-2H3,(H,6,7);1-2H3. The van der Waals surface area contributed by atoms with Crippen LogP contribution in [0.3, 0.4) is 0 Å². The Morgan fingerprint density at radius 3 is 1.47 bits per heavy atom. The van der Waals surface area contributed by atoms with Crippen molar-refractivity contribution in [3.8, 4) is 0 Å². The van der Waals surface area contributed by atoms with Gasteiger partial charge in [-0.05, 0) is 7.05 Å². The Bertz CT molecular complexity index is 185. The van der Waals surface area contributed by atoms with Gasteiger partial charge in [0.15, 0.2) is 0 Å². The summed E-state index contributed by atoms with van der Waals surface area (Å²) < 4.78 is 0. The zero-order valence-electron chi connectivity index (χ0n) is 10.1. The van der Waals surface area contributed by atoms with Crippen LogP contribution in [0.1, 0.15) is 20.8 Å². The van der Waals surface area contributed by atoms with Crippen LogP contribution in [0.2, 0.25) is 0 Å². The summed E-state index contributed by atoms with van der Waals surface area (Å²) in [5.41, 5.74) is 0. The number of carbonyl (C=O) groups excluding carboxylic acids is 1. The highest BCUT2D eigenvalue weighted by molar-refractivity contribution is 5.72. The van der Waals surface area contributed by atoms with Crippen molar-refractivity contribution in [2.24, 2.45) is 0 Å². The Morgan fingerprint density at radius 2 is 1.33 bits per heavy atom. The van der Waals surface area contributed by atoms with Crippen LogP contribution in [0.4, 0.5) is 0 Å². The van der Waals surface area contributed by atoms with Crippen molar-refractivity contribution in [3.63, 3.8) is 0 Å². The maximum absolute atomic E-state index is 10.1. The third kappa shape index (κ3) is 19.2. The van der Waals surface area contributed by atoms with Gasteiger partial charge in [0.05, 0.1) is 6.67 Å². The molecule has 0 fully saturated rings. The lowest BCUT2D eigenvalue weighted by atomic mass is 10.4. The van der Waals surface area contributed by atoms with E-state index >= 15 is 0 Å². The molecule has 0 bridgehead atoms. The van der Waals surface area contributed by atoms with Gasteiger partial charge in [-0.2, -0.15) is 0 Å². The van der Waals surface area contributed by atoms with Gasteiger partial charge in [0.1, 0.15) is 0 Å². The molecule has 1 rings (SSSR count). The van der Waals surface area contributed by atoms with Crippen LogP contribution in [0, 0.1) is 0 Å². The molecule has 0 atom stereocenters. The van der Waals surface area contributed by atoms with E-state index in [0.29, 0.717) is 6.67 Å². The first-order valence-electron chi connectivity index (χ1n) is 5.16. The average Bonchev–Trinajstić information content (AvgIpc) is 2.32. The highest BCUT2D eigenvalue weighted by atomic mass is 16.1. The van der Waals surface area contributed by atoms with E-state index in [0.717, 1.165) is 0 Å². The van der Waals surface area contributed by atoms with Gasteiger partial charge < -0.3 is 10.6 Å². The Morgan fingerprint density at radius 1 is 1.00 bits per heavy atom. The monoisotopic (exact) mass is 210 g/mol. The van der Waals surface area contributed by atoms with Gasteiger partial charge in [-0.15, -0.1) is 0 Å². The summed E-state index contributed by atoms with van der Waals surface area (Å²) in [4.78, 5) is 10.1. The highest BCUT2D eigenvalue weighted by Gasteiger charge is 1.82. The third-order valence-corrected chi connectivity index (χ3v) is 1.18. The minimum atomic E-state index is -0.00523. The number of nitrogens with one attached hydrogen (secondary N) is 2.